The molecule has 0 heterocycles. The van der Waals surface area contributed by atoms with Crippen molar-refractivity contribution in [1.82, 2.24) is 0 Å². The quantitative estimate of drug-likeness (QED) is 0.801. The van der Waals surface area contributed by atoms with Crippen molar-refractivity contribution in [3.8, 4) is 11.5 Å². The summed E-state index contributed by atoms with van der Waals surface area (Å²) in [4.78, 5) is 0. The molecule has 0 aliphatic heterocycles. The van der Waals surface area contributed by atoms with Gasteiger partial charge < -0.3 is 19.7 Å². The zero-order chi connectivity index (χ0) is 11.3. The Balaban J connectivity index is 3.01. The molecule has 1 aromatic carbocycles. The van der Waals surface area contributed by atoms with Gasteiger partial charge in [-0.05, 0) is 17.7 Å². The maximum absolute atomic E-state index is 8.95. The van der Waals surface area contributed by atoms with E-state index in [9.17, 15) is 0 Å². The molecule has 84 valence electrons. The van der Waals surface area contributed by atoms with E-state index in [1.54, 1.807) is 12.1 Å². The third-order valence-electron chi connectivity index (χ3n) is 1.81. The Morgan fingerprint density at radius 2 is 2.07 bits per heavy atom. The molecule has 0 amide bonds. The topological polar surface area (TPSA) is 58.9 Å². The number of methoxy groups -OCH3 is 1. The molecule has 15 heavy (non-hydrogen) atoms. The first-order chi connectivity index (χ1) is 7.22. The predicted octanol–water partition coefficient (Wildman–Crippen LogP) is 1.21. The molecular weight excluding hydrogens is 220 g/mol. The van der Waals surface area contributed by atoms with Crippen LogP contribution >= 0.6 is 11.6 Å². The number of halogens is 1. The highest BCUT2D eigenvalue weighted by Gasteiger charge is 2.11. The van der Waals surface area contributed by atoms with Gasteiger partial charge in [0.15, 0.2) is 11.5 Å². The van der Waals surface area contributed by atoms with Gasteiger partial charge in [0.2, 0.25) is 0 Å². The number of hydrogen-bond donors (Lipinski definition) is 2. The Morgan fingerprint density at radius 3 is 2.60 bits per heavy atom. The van der Waals surface area contributed by atoms with Gasteiger partial charge in [-0.2, -0.15) is 0 Å². The van der Waals surface area contributed by atoms with E-state index in [4.69, 9.17) is 31.3 Å². The number of ether oxygens (including phenoxy) is 2. The summed E-state index contributed by atoms with van der Waals surface area (Å²) < 4.78 is 10.3. The summed E-state index contributed by atoms with van der Waals surface area (Å²) in [5.41, 5.74) is 0.646. The highest BCUT2D eigenvalue weighted by Crippen LogP contribution is 2.36. The molecule has 2 N–H and O–H groups in total. The lowest BCUT2D eigenvalue weighted by Gasteiger charge is -2.12. The van der Waals surface area contributed by atoms with E-state index in [0.29, 0.717) is 22.1 Å². The monoisotopic (exact) mass is 232 g/mol. The van der Waals surface area contributed by atoms with Crippen molar-refractivity contribution < 1.29 is 19.7 Å². The molecule has 0 aliphatic rings. The number of hydrogen-bond acceptors (Lipinski definition) is 4. The molecule has 0 saturated heterocycles. The minimum Gasteiger partial charge on any atom is -0.493 e. The number of benzene rings is 1. The fraction of sp³-hybridized carbons (Fsp3) is 0.400. The van der Waals surface area contributed by atoms with Crippen LogP contribution in [-0.4, -0.2) is 30.5 Å². The van der Waals surface area contributed by atoms with E-state index in [1.807, 2.05) is 0 Å². The normalized spacial score (nSPS) is 10.1. The van der Waals surface area contributed by atoms with Gasteiger partial charge >= 0.3 is 0 Å². The maximum atomic E-state index is 8.95. The van der Waals surface area contributed by atoms with E-state index in [0.717, 1.165) is 0 Å². The molecule has 0 aromatic heterocycles. The van der Waals surface area contributed by atoms with Gasteiger partial charge in [-0.25, -0.2) is 0 Å². The van der Waals surface area contributed by atoms with Crippen molar-refractivity contribution in [3.05, 3.63) is 22.7 Å². The van der Waals surface area contributed by atoms with Gasteiger partial charge in [-0.3, -0.25) is 0 Å². The second-order valence-corrected chi connectivity index (χ2v) is 3.25. The minimum atomic E-state index is -0.115. The maximum Gasteiger partial charge on any atom is 0.179 e. The Kier molecular flexibility index (Phi) is 4.68. The van der Waals surface area contributed by atoms with Crippen LogP contribution in [0.3, 0.4) is 0 Å². The first-order valence-electron chi connectivity index (χ1n) is 4.43. The summed E-state index contributed by atoms with van der Waals surface area (Å²) in [5, 5.41) is 17.9. The molecule has 0 fully saturated rings. The molecule has 0 saturated carbocycles. The van der Waals surface area contributed by atoms with Crippen molar-refractivity contribution in [1.29, 1.82) is 0 Å². The number of rotatable bonds is 5. The smallest absolute Gasteiger partial charge is 0.179 e. The summed E-state index contributed by atoms with van der Waals surface area (Å²) in [6.07, 6.45) is 0. The third kappa shape index (κ3) is 2.99. The van der Waals surface area contributed by atoms with Crippen molar-refractivity contribution in [3.63, 3.8) is 0 Å². The van der Waals surface area contributed by atoms with Crippen LogP contribution in [0.5, 0.6) is 11.5 Å². The van der Waals surface area contributed by atoms with E-state index < -0.39 is 0 Å². The van der Waals surface area contributed by atoms with Crippen molar-refractivity contribution in [2.75, 3.05) is 20.3 Å². The highest BCUT2D eigenvalue weighted by atomic mass is 35.5. The third-order valence-corrected chi connectivity index (χ3v) is 2.09. The zero-order valence-corrected chi connectivity index (χ0v) is 9.12. The molecule has 1 aromatic rings. The van der Waals surface area contributed by atoms with Gasteiger partial charge in [-0.1, -0.05) is 11.6 Å². The lowest BCUT2D eigenvalue weighted by atomic mass is 10.2. The molecule has 0 aliphatic carbocycles. The average Bonchev–Trinajstić information content (AvgIpc) is 2.26. The largest absolute Gasteiger partial charge is 0.493 e. The summed E-state index contributed by atoms with van der Waals surface area (Å²) in [5.74, 6) is 0.824. The second-order valence-electron chi connectivity index (χ2n) is 2.84. The molecular formula is C10H13ClO4. The molecule has 5 heteroatoms. The Morgan fingerprint density at radius 1 is 1.33 bits per heavy atom. The van der Waals surface area contributed by atoms with E-state index >= 15 is 0 Å². The van der Waals surface area contributed by atoms with Crippen molar-refractivity contribution >= 4 is 11.6 Å². The standard InChI is InChI=1S/C10H13ClO4/c1-14-9-5-7(6-13)4-8(11)10(9)15-3-2-12/h4-5,12-13H,2-3,6H2,1H3. The van der Waals surface area contributed by atoms with Gasteiger partial charge in [-0.15, -0.1) is 0 Å². The second kappa shape index (κ2) is 5.80. The van der Waals surface area contributed by atoms with E-state index in [1.165, 1.54) is 7.11 Å². The lowest BCUT2D eigenvalue weighted by Crippen LogP contribution is -2.04. The van der Waals surface area contributed by atoms with Crippen LogP contribution in [0.2, 0.25) is 5.02 Å². The predicted molar refractivity (Wildman–Crippen MR) is 56.5 cm³/mol. The van der Waals surface area contributed by atoms with Crippen LogP contribution in [0.4, 0.5) is 0 Å². The minimum absolute atomic E-state index is 0.0960. The van der Waals surface area contributed by atoms with Crippen LogP contribution in [0.15, 0.2) is 12.1 Å². The molecule has 0 atom stereocenters. The van der Waals surface area contributed by atoms with Gasteiger partial charge in [0.25, 0.3) is 0 Å². The van der Waals surface area contributed by atoms with Crippen molar-refractivity contribution in [2.24, 2.45) is 0 Å². The average molecular weight is 233 g/mol. The van der Waals surface area contributed by atoms with E-state index in [-0.39, 0.29) is 19.8 Å². The van der Waals surface area contributed by atoms with Gasteiger partial charge in [0, 0.05) is 0 Å². The Hall–Kier alpha value is -0.970. The van der Waals surface area contributed by atoms with Crippen LogP contribution in [-0.2, 0) is 6.61 Å². The molecule has 0 radical (unpaired) electrons. The molecule has 4 nitrogen and oxygen atoms in total. The van der Waals surface area contributed by atoms with E-state index in [2.05, 4.69) is 0 Å². The summed E-state index contributed by atoms with van der Waals surface area (Å²) in [7, 11) is 1.48. The molecule has 0 unspecified atom stereocenters. The lowest BCUT2D eigenvalue weighted by molar-refractivity contribution is 0.196. The van der Waals surface area contributed by atoms with Crippen LogP contribution in [0, 0.1) is 0 Å². The van der Waals surface area contributed by atoms with Crippen LogP contribution in [0.25, 0.3) is 0 Å². The first-order valence-corrected chi connectivity index (χ1v) is 4.81. The van der Waals surface area contributed by atoms with Gasteiger partial charge in [0.1, 0.15) is 6.61 Å². The van der Waals surface area contributed by atoms with Crippen LogP contribution < -0.4 is 9.47 Å². The SMILES string of the molecule is COc1cc(CO)cc(Cl)c1OCCO. The summed E-state index contributed by atoms with van der Waals surface area (Å²) in [6, 6.07) is 3.23. The number of aliphatic hydroxyl groups excluding tert-OH is 2. The number of aliphatic hydroxyl groups is 2. The fourth-order valence-corrected chi connectivity index (χ4v) is 1.44. The van der Waals surface area contributed by atoms with Crippen LogP contribution in [0.1, 0.15) is 5.56 Å². The first kappa shape index (κ1) is 12.1. The zero-order valence-electron chi connectivity index (χ0n) is 8.36. The molecule has 1 rings (SSSR count). The Labute approximate surface area is 93.0 Å². The Bertz CT molecular complexity index is 327. The molecule has 0 spiro atoms. The fourth-order valence-electron chi connectivity index (χ4n) is 1.15. The summed E-state index contributed by atoms with van der Waals surface area (Å²) in [6.45, 7) is -0.0633. The van der Waals surface area contributed by atoms with Crippen molar-refractivity contribution in [2.45, 2.75) is 6.61 Å². The highest BCUT2D eigenvalue weighted by molar-refractivity contribution is 6.32. The molecule has 0 bridgehead atoms. The van der Waals surface area contributed by atoms with Gasteiger partial charge in [0.05, 0.1) is 25.3 Å². The summed E-state index contributed by atoms with van der Waals surface area (Å²) >= 11 is 5.93.